The third-order valence-corrected chi connectivity index (χ3v) is 3.03. The molecule has 3 N–H and O–H groups in total. The van der Waals surface area contributed by atoms with E-state index in [1.165, 1.54) is 6.33 Å². The summed E-state index contributed by atoms with van der Waals surface area (Å²) in [6.45, 7) is 5.95. The highest BCUT2D eigenvalue weighted by Crippen LogP contribution is 2.29. The standard InChI is InChI=1S/C12H19N5O/c1-8(2)10-11(13)15-7-16-12(10)17-5-3-4-14-9(18)6-17/h7-8H,3-6H2,1-2H3,(H,14,18)(H2,13,15,16). The van der Waals surface area contributed by atoms with Crippen LogP contribution in [-0.2, 0) is 4.79 Å². The second kappa shape index (κ2) is 5.20. The SMILES string of the molecule is CC(C)c1c(N)ncnc1N1CCCNC(=O)C1. The zero-order valence-corrected chi connectivity index (χ0v) is 10.8. The topological polar surface area (TPSA) is 84.1 Å². The van der Waals surface area contributed by atoms with Crippen LogP contribution in [-0.4, -0.2) is 35.5 Å². The predicted molar refractivity (Wildman–Crippen MR) is 70.4 cm³/mol. The van der Waals surface area contributed by atoms with Gasteiger partial charge in [-0.2, -0.15) is 0 Å². The number of nitrogens with zero attached hydrogens (tertiary/aromatic N) is 3. The minimum atomic E-state index is 0.0272. The van der Waals surface area contributed by atoms with Gasteiger partial charge in [-0.25, -0.2) is 9.97 Å². The molecule has 0 radical (unpaired) electrons. The van der Waals surface area contributed by atoms with Gasteiger partial charge >= 0.3 is 0 Å². The average Bonchev–Trinajstić information content (AvgIpc) is 2.53. The van der Waals surface area contributed by atoms with Crippen LogP contribution in [0.25, 0.3) is 0 Å². The maximum absolute atomic E-state index is 11.6. The van der Waals surface area contributed by atoms with Crippen LogP contribution >= 0.6 is 0 Å². The average molecular weight is 249 g/mol. The molecule has 98 valence electrons. The van der Waals surface area contributed by atoms with Gasteiger partial charge in [-0.05, 0) is 12.3 Å². The summed E-state index contributed by atoms with van der Waals surface area (Å²) in [6, 6.07) is 0. The van der Waals surface area contributed by atoms with Gasteiger partial charge in [0.05, 0.1) is 6.54 Å². The number of carbonyl (C=O) groups is 1. The Bertz CT molecular complexity index is 446. The molecule has 0 unspecified atom stereocenters. The molecule has 1 saturated heterocycles. The van der Waals surface area contributed by atoms with Crippen LogP contribution < -0.4 is 16.0 Å². The third kappa shape index (κ3) is 2.52. The number of carbonyl (C=O) groups excluding carboxylic acids is 1. The number of aromatic nitrogens is 2. The van der Waals surface area contributed by atoms with Gasteiger partial charge in [-0.1, -0.05) is 13.8 Å². The molecule has 2 rings (SSSR count). The molecule has 6 nitrogen and oxygen atoms in total. The summed E-state index contributed by atoms with van der Waals surface area (Å²) < 4.78 is 0. The van der Waals surface area contributed by atoms with Crippen LogP contribution in [0.1, 0.15) is 31.7 Å². The maximum atomic E-state index is 11.6. The van der Waals surface area contributed by atoms with Crippen LogP contribution in [0.2, 0.25) is 0 Å². The molecule has 18 heavy (non-hydrogen) atoms. The molecule has 1 fully saturated rings. The van der Waals surface area contributed by atoms with Crippen molar-refractivity contribution in [2.24, 2.45) is 0 Å². The van der Waals surface area contributed by atoms with Crippen molar-refractivity contribution in [2.45, 2.75) is 26.2 Å². The van der Waals surface area contributed by atoms with Gasteiger partial charge < -0.3 is 16.0 Å². The first-order chi connectivity index (χ1) is 8.59. The zero-order valence-electron chi connectivity index (χ0n) is 10.8. The van der Waals surface area contributed by atoms with Crippen molar-refractivity contribution in [3.8, 4) is 0 Å². The van der Waals surface area contributed by atoms with Gasteiger partial charge in [0, 0.05) is 18.7 Å². The van der Waals surface area contributed by atoms with E-state index in [-0.39, 0.29) is 11.8 Å². The molecule has 0 aliphatic carbocycles. The normalized spacial score (nSPS) is 16.6. The van der Waals surface area contributed by atoms with Crippen molar-refractivity contribution in [2.75, 3.05) is 30.3 Å². The van der Waals surface area contributed by atoms with Crippen molar-refractivity contribution < 1.29 is 4.79 Å². The van der Waals surface area contributed by atoms with E-state index >= 15 is 0 Å². The Kier molecular flexibility index (Phi) is 3.64. The Morgan fingerprint density at radius 1 is 1.44 bits per heavy atom. The van der Waals surface area contributed by atoms with E-state index in [0.717, 1.165) is 24.3 Å². The molecule has 0 atom stereocenters. The Morgan fingerprint density at radius 2 is 2.22 bits per heavy atom. The molecule has 0 bridgehead atoms. The summed E-state index contributed by atoms with van der Waals surface area (Å²) in [7, 11) is 0. The number of hydrogen-bond donors (Lipinski definition) is 2. The van der Waals surface area contributed by atoms with E-state index in [1.807, 2.05) is 4.90 Å². The highest BCUT2D eigenvalue weighted by Gasteiger charge is 2.21. The van der Waals surface area contributed by atoms with Crippen LogP contribution in [0.15, 0.2) is 6.33 Å². The van der Waals surface area contributed by atoms with Crippen molar-refractivity contribution in [3.05, 3.63) is 11.9 Å². The molecular formula is C12H19N5O. The summed E-state index contributed by atoms with van der Waals surface area (Å²) in [5.41, 5.74) is 6.85. The number of amides is 1. The van der Waals surface area contributed by atoms with Gasteiger partial charge in [0.15, 0.2) is 0 Å². The number of nitrogen functional groups attached to an aromatic ring is 1. The lowest BCUT2D eigenvalue weighted by Gasteiger charge is -2.24. The fourth-order valence-corrected chi connectivity index (χ4v) is 2.19. The summed E-state index contributed by atoms with van der Waals surface area (Å²) >= 11 is 0. The van der Waals surface area contributed by atoms with Crippen LogP contribution in [0.5, 0.6) is 0 Å². The molecular weight excluding hydrogens is 230 g/mol. The molecule has 0 aromatic carbocycles. The second-order valence-corrected chi connectivity index (χ2v) is 4.78. The number of hydrogen-bond acceptors (Lipinski definition) is 5. The first-order valence-electron chi connectivity index (χ1n) is 6.21. The molecule has 0 saturated carbocycles. The number of rotatable bonds is 2. The predicted octanol–water partition coefficient (Wildman–Crippen LogP) is 0.509. The molecule has 1 aliphatic rings. The quantitative estimate of drug-likeness (QED) is 0.797. The monoisotopic (exact) mass is 249 g/mol. The van der Waals surface area contributed by atoms with Gasteiger partial charge in [0.25, 0.3) is 0 Å². The molecule has 1 amide bonds. The lowest BCUT2D eigenvalue weighted by atomic mass is 10.0. The van der Waals surface area contributed by atoms with Gasteiger partial charge in [-0.15, -0.1) is 0 Å². The molecule has 1 aromatic heterocycles. The lowest BCUT2D eigenvalue weighted by molar-refractivity contribution is -0.119. The van der Waals surface area contributed by atoms with Gasteiger partial charge in [0.1, 0.15) is 18.0 Å². The summed E-state index contributed by atoms with van der Waals surface area (Å²) in [4.78, 5) is 21.9. The van der Waals surface area contributed by atoms with Crippen molar-refractivity contribution in [1.29, 1.82) is 0 Å². The Hall–Kier alpha value is -1.85. The van der Waals surface area contributed by atoms with Gasteiger partial charge in [-0.3, -0.25) is 4.79 Å². The lowest BCUT2D eigenvalue weighted by Crippen LogP contribution is -2.34. The summed E-state index contributed by atoms with van der Waals surface area (Å²) in [5.74, 6) is 1.54. The van der Waals surface area contributed by atoms with E-state index in [1.54, 1.807) is 0 Å². The van der Waals surface area contributed by atoms with Crippen molar-refractivity contribution in [3.63, 3.8) is 0 Å². The number of anilines is 2. The fourth-order valence-electron chi connectivity index (χ4n) is 2.19. The third-order valence-electron chi connectivity index (χ3n) is 3.03. The van der Waals surface area contributed by atoms with Crippen molar-refractivity contribution >= 4 is 17.5 Å². The van der Waals surface area contributed by atoms with Crippen LogP contribution in [0, 0.1) is 0 Å². The number of nitrogens with one attached hydrogen (secondary N) is 1. The first kappa shape index (κ1) is 12.6. The Balaban J connectivity index is 2.37. The minimum absolute atomic E-state index is 0.0272. The molecule has 0 spiro atoms. The molecule has 1 aliphatic heterocycles. The van der Waals surface area contributed by atoms with E-state index in [2.05, 4.69) is 29.1 Å². The number of nitrogens with two attached hydrogens (primary N) is 1. The van der Waals surface area contributed by atoms with E-state index in [0.29, 0.717) is 18.9 Å². The minimum Gasteiger partial charge on any atom is -0.383 e. The fraction of sp³-hybridized carbons (Fsp3) is 0.583. The van der Waals surface area contributed by atoms with Gasteiger partial charge in [0.2, 0.25) is 5.91 Å². The van der Waals surface area contributed by atoms with Crippen LogP contribution in [0.4, 0.5) is 11.6 Å². The first-order valence-corrected chi connectivity index (χ1v) is 6.21. The van der Waals surface area contributed by atoms with Crippen molar-refractivity contribution in [1.82, 2.24) is 15.3 Å². The Morgan fingerprint density at radius 3 is 2.94 bits per heavy atom. The van der Waals surface area contributed by atoms with E-state index < -0.39 is 0 Å². The van der Waals surface area contributed by atoms with Crippen LogP contribution in [0.3, 0.4) is 0 Å². The second-order valence-electron chi connectivity index (χ2n) is 4.78. The highest BCUT2D eigenvalue weighted by atomic mass is 16.2. The maximum Gasteiger partial charge on any atom is 0.239 e. The van der Waals surface area contributed by atoms with E-state index in [9.17, 15) is 4.79 Å². The van der Waals surface area contributed by atoms with E-state index in [4.69, 9.17) is 5.73 Å². The highest BCUT2D eigenvalue weighted by molar-refractivity contribution is 5.82. The molecule has 1 aromatic rings. The summed E-state index contributed by atoms with van der Waals surface area (Å²) in [5, 5.41) is 2.85. The zero-order chi connectivity index (χ0) is 13.1. The Labute approximate surface area is 107 Å². The summed E-state index contributed by atoms with van der Waals surface area (Å²) in [6.07, 6.45) is 2.37. The largest absolute Gasteiger partial charge is 0.383 e. The smallest absolute Gasteiger partial charge is 0.239 e. The molecule has 2 heterocycles. The molecule has 6 heteroatoms.